The van der Waals surface area contributed by atoms with E-state index in [-0.39, 0.29) is 18.5 Å². The Kier molecular flexibility index (Phi) is 6.21. The van der Waals surface area contributed by atoms with Crippen LogP contribution in [0.4, 0.5) is 0 Å². The molecule has 0 radical (unpaired) electrons. The van der Waals surface area contributed by atoms with Crippen molar-refractivity contribution in [3.8, 4) is 0 Å². The highest BCUT2D eigenvalue weighted by atomic mass is 35.5. The number of nitrogens with one attached hydrogen (secondary N) is 1. The number of nitrogens with zero attached hydrogens (tertiary/aromatic N) is 1. The first-order valence-corrected chi connectivity index (χ1v) is 9.81. The van der Waals surface area contributed by atoms with Crippen LogP contribution in [0.5, 0.6) is 0 Å². The van der Waals surface area contributed by atoms with Crippen LogP contribution in [0.2, 0.25) is 5.02 Å². The molecule has 5 nitrogen and oxygen atoms in total. The van der Waals surface area contributed by atoms with E-state index in [9.17, 15) is 13.2 Å². The fourth-order valence-corrected chi connectivity index (χ4v) is 3.32. The molecule has 1 atom stereocenters. The zero-order chi connectivity index (χ0) is 16.9. The molecule has 1 aliphatic rings. The van der Waals surface area contributed by atoms with E-state index in [1.54, 1.807) is 23.1 Å². The summed E-state index contributed by atoms with van der Waals surface area (Å²) in [7, 11) is -3.25. The number of carbonyl (C=O) groups excluding carboxylic acids is 1. The molecule has 1 aromatic carbocycles. The van der Waals surface area contributed by atoms with E-state index < -0.39 is 10.0 Å². The average molecular weight is 357 g/mol. The van der Waals surface area contributed by atoms with Crippen LogP contribution in [-0.2, 0) is 14.8 Å². The standard InChI is InChI=1S/C16H21ClN2O3S/c1-23(21,22)18-12-15-7-2-3-10-19(15)16(20)9-8-13-5-4-6-14(17)11-13/h4-6,8-9,11,15,18H,2-3,7,10,12H2,1H3/b9-8+/t15-/m1/s1. The maximum atomic E-state index is 12.4. The molecule has 0 unspecified atom stereocenters. The van der Waals surface area contributed by atoms with Crippen LogP contribution in [0.25, 0.3) is 6.08 Å². The normalized spacial score (nSPS) is 19.2. The smallest absolute Gasteiger partial charge is 0.246 e. The van der Waals surface area contributed by atoms with Gasteiger partial charge in [0.25, 0.3) is 0 Å². The van der Waals surface area contributed by atoms with Gasteiger partial charge in [0.2, 0.25) is 15.9 Å². The number of piperidine rings is 1. The molecule has 0 bridgehead atoms. The summed E-state index contributed by atoms with van der Waals surface area (Å²) in [5.74, 6) is -0.107. The van der Waals surface area contributed by atoms with E-state index in [2.05, 4.69) is 4.72 Å². The average Bonchev–Trinajstić information content (AvgIpc) is 2.50. The molecule has 1 aliphatic heterocycles. The number of amides is 1. The minimum Gasteiger partial charge on any atom is -0.335 e. The van der Waals surface area contributed by atoms with Gasteiger partial charge in [0.05, 0.1) is 6.26 Å². The van der Waals surface area contributed by atoms with Gasteiger partial charge in [-0.3, -0.25) is 4.79 Å². The van der Waals surface area contributed by atoms with Crippen molar-refractivity contribution in [3.63, 3.8) is 0 Å². The van der Waals surface area contributed by atoms with Crippen molar-refractivity contribution in [2.24, 2.45) is 0 Å². The molecule has 126 valence electrons. The molecular formula is C16H21ClN2O3S. The first-order chi connectivity index (χ1) is 10.8. The van der Waals surface area contributed by atoms with Crippen LogP contribution in [0.15, 0.2) is 30.3 Å². The van der Waals surface area contributed by atoms with Gasteiger partial charge in [0.1, 0.15) is 0 Å². The topological polar surface area (TPSA) is 66.5 Å². The minimum absolute atomic E-state index is 0.102. The van der Waals surface area contributed by atoms with Gasteiger partial charge in [0.15, 0.2) is 0 Å². The van der Waals surface area contributed by atoms with Crippen LogP contribution in [0, 0.1) is 0 Å². The molecule has 0 saturated carbocycles. The molecule has 2 rings (SSSR count). The van der Waals surface area contributed by atoms with Gasteiger partial charge in [-0.1, -0.05) is 23.7 Å². The summed E-state index contributed by atoms with van der Waals surface area (Å²) < 4.78 is 25.0. The van der Waals surface area contributed by atoms with Crippen LogP contribution in [0.1, 0.15) is 24.8 Å². The molecule has 0 aliphatic carbocycles. The van der Waals surface area contributed by atoms with Crippen molar-refractivity contribution in [1.82, 2.24) is 9.62 Å². The van der Waals surface area contributed by atoms with Gasteiger partial charge in [-0.05, 0) is 43.0 Å². The molecule has 1 amide bonds. The molecule has 0 spiro atoms. The van der Waals surface area contributed by atoms with E-state index in [1.807, 2.05) is 12.1 Å². The number of rotatable bonds is 5. The Labute approximate surface area is 142 Å². The summed E-state index contributed by atoms with van der Waals surface area (Å²) in [6.07, 6.45) is 7.11. The van der Waals surface area contributed by atoms with Gasteiger partial charge in [-0.2, -0.15) is 0 Å². The number of carbonyl (C=O) groups is 1. The fraction of sp³-hybridized carbons (Fsp3) is 0.438. The Bertz CT molecular complexity index is 688. The second-order valence-electron chi connectivity index (χ2n) is 5.69. The quantitative estimate of drug-likeness (QED) is 0.823. The van der Waals surface area contributed by atoms with E-state index in [1.165, 1.54) is 6.08 Å². The first kappa shape index (κ1) is 18.0. The number of benzene rings is 1. The maximum Gasteiger partial charge on any atom is 0.246 e. The molecule has 0 aromatic heterocycles. The highest BCUT2D eigenvalue weighted by Crippen LogP contribution is 2.18. The van der Waals surface area contributed by atoms with Crippen LogP contribution in [0.3, 0.4) is 0 Å². The lowest BCUT2D eigenvalue weighted by molar-refractivity contribution is -0.129. The third-order valence-corrected chi connectivity index (χ3v) is 4.68. The molecule has 1 heterocycles. The first-order valence-electron chi connectivity index (χ1n) is 7.54. The van der Waals surface area contributed by atoms with Crippen molar-refractivity contribution < 1.29 is 13.2 Å². The van der Waals surface area contributed by atoms with E-state index >= 15 is 0 Å². The summed E-state index contributed by atoms with van der Waals surface area (Å²) in [5.41, 5.74) is 0.855. The van der Waals surface area contributed by atoms with Crippen molar-refractivity contribution in [2.75, 3.05) is 19.3 Å². The minimum atomic E-state index is -3.25. The highest BCUT2D eigenvalue weighted by molar-refractivity contribution is 7.88. The van der Waals surface area contributed by atoms with Gasteiger partial charge >= 0.3 is 0 Å². The summed E-state index contributed by atoms with van der Waals surface area (Å²) in [5, 5.41) is 0.618. The molecule has 1 N–H and O–H groups in total. The number of hydrogen-bond acceptors (Lipinski definition) is 3. The zero-order valence-corrected chi connectivity index (χ0v) is 14.6. The third kappa shape index (κ3) is 5.97. The molecule has 7 heteroatoms. The summed E-state index contributed by atoms with van der Waals surface area (Å²) in [4.78, 5) is 14.2. The second kappa shape index (κ2) is 7.95. The Morgan fingerprint density at radius 2 is 2.22 bits per heavy atom. The number of hydrogen-bond donors (Lipinski definition) is 1. The van der Waals surface area contributed by atoms with Crippen molar-refractivity contribution in [3.05, 3.63) is 40.9 Å². The summed E-state index contributed by atoms with van der Waals surface area (Å²) in [6.45, 7) is 0.907. The lowest BCUT2D eigenvalue weighted by atomic mass is 10.0. The van der Waals surface area contributed by atoms with Gasteiger partial charge in [-0.25, -0.2) is 13.1 Å². The Morgan fingerprint density at radius 3 is 2.91 bits per heavy atom. The lowest BCUT2D eigenvalue weighted by Gasteiger charge is -2.35. The van der Waals surface area contributed by atoms with E-state index in [0.717, 1.165) is 31.1 Å². The Hall–Kier alpha value is -1.37. The third-order valence-electron chi connectivity index (χ3n) is 3.76. The molecule has 1 saturated heterocycles. The highest BCUT2D eigenvalue weighted by Gasteiger charge is 2.25. The second-order valence-corrected chi connectivity index (χ2v) is 7.96. The number of halogens is 1. The monoisotopic (exact) mass is 356 g/mol. The predicted molar refractivity (Wildman–Crippen MR) is 92.7 cm³/mol. The molecule has 1 aromatic rings. The van der Waals surface area contributed by atoms with Crippen molar-refractivity contribution in [1.29, 1.82) is 0 Å². The Balaban J connectivity index is 2.03. The van der Waals surface area contributed by atoms with Gasteiger partial charge in [0, 0.05) is 30.2 Å². The largest absolute Gasteiger partial charge is 0.335 e. The van der Waals surface area contributed by atoms with Crippen LogP contribution < -0.4 is 4.72 Å². The predicted octanol–water partition coefficient (Wildman–Crippen LogP) is 2.28. The maximum absolute atomic E-state index is 12.4. The SMILES string of the molecule is CS(=O)(=O)NC[C@H]1CCCCN1C(=O)/C=C/c1cccc(Cl)c1. The van der Waals surface area contributed by atoms with E-state index in [0.29, 0.717) is 11.6 Å². The van der Waals surface area contributed by atoms with Crippen molar-refractivity contribution >= 4 is 33.6 Å². The number of likely N-dealkylation sites (tertiary alicyclic amines) is 1. The number of sulfonamides is 1. The summed E-state index contributed by atoms with van der Waals surface area (Å²) in [6, 6.07) is 7.15. The molecule has 1 fully saturated rings. The van der Waals surface area contributed by atoms with Gasteiger partial charge in [-0.15, -0.1) is 0 Å². The van der Waals surface area contributed by atoms with E-state index in [4.69, 9.17) is 11.6 Å². The molecular weight excluding hydrogens is 336 g/mol. The summed E-state index contributed by atoms with van der Waals surface area (Å²) >= 11 is 5.92. The lowest BCUT2D eigenvalue weighted by Crippen LogP contribution is -2.48. The zero-order valence-electron chi connectivity index (χ0n) is 13.0. The van der Waals surface area contributed by atoms with Gasteiger partial charge < -0.3 is 4.90 Å². The van der Waals surface area contributed by atoms with Crippen LogP contribution in [-0.4, -0.2) is 44.6 Å². The van der Waals surface area contributed by atoms with Crippen LogP contribution >= 0.6 is 11.6 Å². The molecule has 23 heavy (non-hydrogen) atoms. The van der Waals surface area contributed by atoms with Crippen molar-refractivity contribution in [2.45, 2.75) is 25.3 Å². The fourth-order valence-electron chi connectivity index (χ4n) is 2.62. The Morgan fingerprint density at radius 1 is 1.43 bits per heavy atom.